The Hall–Kier alpha value is -2.61. The van der Waals surface area contributed by atoms with Crippen molar-refractivity contribution in [2.75, 3.05) is 0 Å². The smallest absolute Gasteiger partial charge is 0.144 e. The number of nitriles is 1. The summed E-state index contributed by atoms with van der Waals surface area (Å²) >= 11 is 0. The molecule has 164 valence electrons. The molecule has 0 N–H and O–H groups in total. The summed E-state index contributed by atoms with van der Waals surface area (Å²) in [6.07, 6.45) is 9.60. The Labute approximate surface area is 181 Å². The van der Waals surface area contributed by atoms with E-state index < -0.39 is 28.8 Å². The number of rotatable bonds is 7. The van der Waals surface area contributed by atoms with Gasteiger partial charge in [-0.15, -0.1) is 0 Å². The van der Waals surface area contributed by atoms with Gasteiger partial charge < -0.3 is 0 Å². The van der Waals surface area contributed by atoms with Crippen LogP contribution in [0.3, 0.4) is 0 Å². The van der Waals surface area contributed by atoms with E-state index in [-0.39, 0.29) is 11.5 Å². The van der Waals surface area contributed by atoms with E-state index in [0.717, 1.165) is 25.7 Å². The molecule has 0 heterocycles. The third-order valence-electron chi connectivity index (χ3n) is 6.28. The summed E-state index contributed by atoms with van der Waals surface area (Å²) in [5.74, 6) is -2.36. The topological polar surface area (TPSA) is 23.8 Å². The van der Waals surface area contributed by atoms with Crippen molar-refractivity contribution in [1.82, 2.24) is 0 Å². The Morgan fingerprint density at radius 2 is 1.42 bits per heavy atom. The van der Waals surface area contributed by atoms with Gasteiger partial charge in [-0.05, 0) is 106 Å². The first kappa shape index (κ1) is 23.1. The van der Waals surface area contributed by atoms with Crippen molar-refractivity contribution >= 4 is 0 Å². The highest BCUT2D eigenvalue weighted by atomic mass is 19.1. The molecule has 0 unspecified atom stereocenters. The van der Waals surface area contributed by atoms with Crippen molar-refractivity contribution in [3.63, 3.8) is 0 Å². The van der Waals surface area contributed by atoms with Crippen molar-refractivity contribution in [2.45, 2.75) is 64.2 Å². The average molecular weight is 430 g/mol. The number of aryl methyl sites for hydroxylation is 2. The van der Waals surface area contributed by atoms with E-state index in [9.17, 15) is 17.6 Å². The van der Waals surface area contributed by atoms with E-state index in [2.05, 4.69) is 0 Å². The maximum Gasteiger partial charge on any atom is 0.144 e. The fourth-order valence-corrected chi connectivity index (χ4v) is 4.58. The molecule has 0 atom stereocenters. The number of hydrogen-bond donors (Lipinski definition) is 0. The highest BCUT2D eigenvalue weighted by molar-refractivity contribution is 5.35. The number of benzene rings is 2. The molecule has 2 aromatic carbocycles. The van der Waals surface area contributed by atoms with Crippen LogP contribution in [-0.4, -0.2) is 0 Å². The molecule has 0 radical (unpaired) electrons. The number of nitrogens with zero attached hydrogens (tertiary/aromatic N) is 1. The minimum atomic E-state index is -0.832. The monoisotopic (exact) mass is 429 g/mol. The Morgan fingerprint density at radius 1 is 0.871 bits per heavy atom. The number of allylic oxidation sites excluding steroid dienone is 2. The number of halogens is 4. The van der Waals surface area contributed by atoms with Crippen LogP contribution in [0.15, 0.2) is 36.4 Å². The van der Waals surface area contributed by atoms with Gasteiger partial charge in [-0.3, -0.25) is 0 Å². The fraction of sp³-hybridized carbons (Fsp3) is 0.423. The molecule has 1 nitrogen and oxygen atoms in total. The standard InChI is InChI=1S/C26H27F4N/c1-2-3-4-5-18-14-24(29)26(25(30)15-18)20-10-8-17(9-11-20)6-7-19-12-22(27)21(16-31)23(28)13-19/h2-3,12-15,17,20H,4-11H2,1H3/b3-2+. The normalized spacial score (nSPS) is 19.0. The Kier molecular flexibility index (Phi) is 7.90. The zero-order chi connectivity index (χ0) is 22.4. The van der Waals surface area contributed by atoms with Crippen LogP contribution in [0.5, 0.6) is 0 Å². The Morgan fingerprint density at radius 3 is 1.97 bits per heavy atom. The largest absolute Gasteiger partial charge is 0.207 e. The zero-order valence-corrected chi connectivity index (χ0v) is 17.7. The van der Waals surface area contributed by atoms with Crippen molar-refractivity contribution in [1.29, 1.82) is 5.26 Å². The minimum absolute atomic E-state index is 0.134. The summed E-state index contributed by atoms with van der Waals surface area (Å²) in [5.41, 5.74) is 0.847. The van der Waals surface area contributed by atoms with E-state index in [0.29, 0.717) is 42.7 Å². The van der Waals surface area contributed by atoms with E-state index in [4.69, 9.17) is 5.26 Å². The quantitative estimate of drug-likeness (QED) is 0.330. The van der Waals surface area contributed by atoms with Gasteiger partial charge in [-0.2, -0.15) is 5.26 Å². The molecule has 0 bridgehead atoms. The molecule has 5 heteroatoms. The molecule has 1 fully saturated rings. The second-order valence-electron chi connectivity index (χ2n) is 8.38. The third kappa shape index (κ3) is 5.76. The number of hydrogen-bond acceptors (Lipinski definition) is 1. The van der Waals surface area contributed by atoms with Gasteiger partial charge in [0.1, 0.15) is 34.9 Å². The molecule has 31 heavy (non-hydrogen) atoms. The van der Waals surface area contributed by atoms with E-state index in [1.54, 1.807) is 0 Å². The molecule has 0 saturated heterocycles. The Balaban J connectivity index is 1.57. The van der Waals surface area contributed by atoms with Gasteiger partial charge in [-0.1, -0.05) is 12.2 Å². The molecule has 1 aliphatic rings. The minimum Gasteiger partial charge on any atom is -0.207 e. The van der Waals surface area contributed by atoms with Crippen LogP contribution >= 0.6 is 0 Å². The van der Waals surface area contributed by atoms with Crippen LogP contribution in [-0.2, 0) is 12.8 Å². The fourth-order valence-electron chi connectivity index (χ4n) is 4.58. The average Bonchev–Trinajstić information content (AvgIpc) is 2.73. The summed E-state index contributed by atoms with van der Waals surface area (Å²) in [6, 6.07) is 6.88. The predicted molar refractivity (Wildman–Crippen MR) is 114 cm³/mol. The van der Waals surface area contributed by atoms with Crippen LogP contribution in [0.1, 0.15) is 73.6 Å². The molecule has 1 saturated carbocycles. The maximum absolute atomic E-state index is 14.7. The van der Waals surface area contributed by atoms with Crippen LogP contribution in [0, 0.1) is 40.5 Å². The van der Waals surface area contributed by atoms with Gasteiger partial charge in [0.2, 0.25) is 0 Å². The predicted octanol–water partition coefficient (Wildman–Crippen LogP) is 7.53. The highest BCUT2D eigenvalue weighted by Gasteiger charge is 2.27. The van der Waals surface area contributed by atoms with Crippen LogP contribution in [0.4, 0.5) is 17.6 Å². The van der Waals surface area contributed by atoms with Gasteiger partial charge in [-0.25, -0.2) is 17.6 Å². The van der Waals surface area contributed by atoms with Crippen molar-refractivity contribution in [3.8, 4) is 6.07 Å². The van der Waals surface area contributed by atoms with Crippen LogP contribution < -0.4 is 0 Å². The molecule has 0 aromatic heterocycles. The summed E-state index contributed by atoms with van der Waals surface area (Å²) in [4.78, 5) is 0. The van der Waals surface area contributed by atoms with Gasteiger partial charge >= 0.3 is 0 Å². The molecule has 1 aliphatic carbocycles. The van der Waals surface area contributed by atoms with E-state index in [1.807, 2.05) is 19.1 Å². The van der Waals surface area contributed by atoms with Gasteiger partial charge in [0, 0.05) is 5.56 Å². The highest BCUT2D eigenvalue weighted by Crippen LogP contribution is 2.39. The second kappa shape index (κ2) is 10.6. The summed E-state index contributed by atoms with van der Waals surface area (Å²) in [7, 11) is 0. The molecular formula is C26H27F4N. The lowest BCUT2D eigenvalue weighted by molar-refractivity contribution is 0.301. The van der Waals surface area contributed by atoms with Gasteiger partial charge in [0.25, 0.3) is 0 Å². The van der Waals surface area contributed by atoms with E-state index in [1.165, 1.54) is 30.3 Å². The molecule has 2 aromatic rings. The maximum atomic E-state index is 14.7. The van der Waals surface area contributed by atoms with Crippen molar-refractivity contribution < 1.29 is 17.6 Å². The van der Waals surface area contributed by atoms with Crippen LogP contribution in [0.2, 0.25) is 0 Å². The van der Waals surface area contributed by atoms with E-state index >= 15 is 0 Å². The molecule has 0 spiro atoms. The molecule has 3 rings (SSSR count). The third-order valence-corrected chi connectivity index (χ3v) is 6.28. The Bertz CT molecular complexity index is 935. The summed E-state index contributed by atoms with van der Waals surface area (Å²) < 4.78 is 56.9. The second-order valence-corrected chi connectivity index (χ2v) is 8.38. The first-order valence-electron chi connectivity index (χ1n) is 10.9. The SMILES string of the molecule is C/C=C/CCc1cc(F)c(C2CCC(CCc3cc(F)c(C#N)c(F)c3)CC2)c(F)c1. The lowest BCUT2D eigenvalue weighted by Crippen LogP contribution is -2.16. The van der Waals surface area contributed by atoms with Gasteiger partial charge in [0.05, 0.1) is 0 Å². The first-order chi connectivity index (χ1) is 14.9. The van der Waals surface area contributed by atoms with Crippen molar-refractivity contribution in [3.05, 3.63) is 81.9 Å². The lowest BCUT2D eigenvalue weighted by Gasteiger charge is -2.29. The van der Waals surface area contributed by atoms with Crippen molar-refractivity contribution in [2.24, 2.45) is 5.92 Å². The molecule has 0 amide bonds. The summed E-state index contributed by atoms with van der Waals surface area (Å²) in [6.45, 7) is 1.92. The zero-order valence-electron chi connectivity index (χ0n) is 17.7. The first-order valence-corrected chi connectivity index (χ1v) is 10.9. The lowest BCUT2D eigenvalue weighted by atomic mass is 9.76. The van der Waals surface area contributed by atoms with Crippen LogP contribution in [0.25, 0.3) is 0 Å². The molecular weight excluding hydrogens is 402 g/mol. The summed E-state index contributed by atoms with van der Waals surface area (Å²) in [5, 5.41) is 8.76. The molecule has 0 aliphatic heterocycles. The van der Waals surface area contributed by atoms with Gasteiger partial charge in [0.15, 0.2) is 0 Å².